The number of unbranched alkanes of at least 4 members (excludes halogenated alkanes) is 16. The molecule has 0 radical (unpaired) electrons. The molecule has 0 saturated heterocycles. The number of aliphatic hydroxyl groups excluding tert-OH is 1. The third-order valence-electron chi connectivity index (χ3n) is 12.2. The highest BCUT2D eigenvalue weighted by Gasteiger charge is 2.24. The summed E-state index contributed by atoms with van der Waals surface area (Å²) in [5, 5.41) is 9.70. The second-order valence-electron chi connectivity index (χ2n) is 17.3. The van der Waals surface area contributed by atoms with E-state index in [9.17, 15) is 14.7 Å². The fourth-order valence-electron chi connectivity index (χ4n) is 8.15. The fraction of sp³-hybridized carbons (Fsp3) is 0.958. The standard InChI is InChI=1S/C48H94N2O5/c1-5-9-13-19-28-44(29-20-14-10-6-2)42-54-47(52)34-23-17-25-36-49(38-39-50(40-41-51)46-32-27-33-46)37-26-18-24-35-48(53)55-43-45(30-21-15-11-7-3)31-22-16-12-8-4/h44-46,51H,5-43H2,1-4H3. The van der Waals surface area contributed by atoms with Crippen molar-refractivity contribution in [3.63, 3.8) is 0 Å². The van der Waals surface area contributed by atoms with Crippen LogP contribution in [0, 0.1) is 11.8 Å². The first-order chi connectivity index (χ1) is 27.0. The zero-order chi connectivity index (χ0) is 40.0. The highest BCUT2D eigenvalue weighted by Crippen LogP contribution is 2.25. The Morgan fingerprint density at radius 2 is 0.909 bits per heavy atom. The van der Waals surface area contributed by atoms with Gasteiger partial charge in [0.1, 0.15) is 0 Å². The number of nitrogens with zero attached hydrogens (tertiary/aromatic N) is 2. The number of rotatable bonds is 42. The van der Waals surface area contributed by atoms with Gasteiger partial charge in [-0.2, -0.15) is 0 Å². The van der Waals surface area contributed by atoms with Crippen molar-refractivity contribution in [2.45, 2.75) is 233 Å². The average Bonchev–Trinajstić information content (AvgIpc) is 3.16. The van der Waals surface area contributed by atoms with Crippen molar-refractivity contribution in [2.24, 2.45) is 11.8 Å². The molecule has 0 bridgehead atoms. The molecule has 0 unspecified atom stereocenters. The summed E-state index contributed by atoms with van der Waals surface area (Å²) < 4.78 is 11.7. The Bertz CT molecular complexity index is 774. The van der Waals surface area contributed by atoms with Crippen molar-refractivity contribution >= 4 is 11.9 Å². The molecule has 1 rings (SSSR count). The van der Waals surface area contributed by atoms with Gasteiger partial charge in [-0.3, -0.25) is 14.5 Å². The molecular weight excluding hydrogens is 685 g/mol. The SMILES string of the molecule is CCCCCCC(CCCCCC)COC(=O)CCCCCN(CCCCCC(=O)OCC(CCCCCC)CCCCCC)CCN(CCO)C1CCC1. The van der Waals surface area contributed by atoms with Crippen LogP contribution in [0.4, 0.5) is 0 Å². The second kappa shape index (κ2) is 38.3. The van der Waals surface area contributed by atoms with Crippen LogP contribution in [0.15, 0.2) is 0 Å². The van der Waals surface area contributed by atoms with Crippen LogP contribution in [-0.4, -0.2) is 85.4 Å². The van der Waals surface area contributed by atoms with Crippen LogP contribution in [0.25, 0.3) is 0 Å². The molecule has 1 aliphatic carbocycles. The van der Waals surface area contributed by atoms with E-state index in [4.69, 9.17) is 9.47 Å². The smallest absolute Gasteiger partial charge is 0.305 e. The van der Waals surface area contributed by atoms with Gasteiger partial charge in [-0.1, -0.05) is 150 Å². The third kappa shape index (κ3) is 30.6. The summed E-state index contributed by atoms with van der Waals surface area (Å²) >= 11 is 0. The predicted octanol–water partition coefficient (Wildman–Crippen LogP) is 12.5. The summed E-state index contributed by atoms with van der Waals surface area (Å²) in [6, 6.07) is 0.630. The molecular formula is C48H94N2O5. The van der Waals surface area contributed by atoms with E-state index < -0.39 is 0 Å². The van der Waals surface area contributed by atoms with Crippen LogP contribution < -0.4 is 0 Å². The van der Waals surface area contributed by atoms with E-state index in [1.54, 1.807) is 0 Å². The monoisotopic (exact) mass is 779 g/mol. The van der Waals surface area contributed by atoms with E-state index in [0.717, 1.165) is 71.2 Å². The summed E-state index contributed by atoms with van der Waals surface area (Å²) in [5.41, 5.74) is 0. The van der Waals surface area contributed by atoms with E-state index in [-0.39, 0.29) is 18.5 Å². The highest BCUT2D eigenvalue weighted by molar-refractivity contribution is 5.69. The van der Waals surface area contributed by atoms with Gasteiger partial charge in [-0.05, 0) is 89.1 Å². The summed E-state index contributed by atoms with van der Waals surface area (Å²) in [6.45, 7) is 15.3. The van der Waals surface area contributed by atoms with Gasteiger partial charge in [0.05, 0.1) is 19.8 Å². The van der Waals surface area contributed by atoms with Crippen molar-refractivity contribution in [1.82, 2.24) is 9.80 Å². The minimum absolute atomic E-state index is 0.0166. The van der Waals surface area contributed by atoms with Gasteiger partial charge < -0.3 is 19.5 Å². The minimum Gasteiger partial charge on any atom is -0.465 e. The first-order valence-corrected chi connectivity index (χ1v) is 24.4. The van der Waals surface area contributed by atoms with Crippen LogP contribution in [0.2, 0.25) is 0 Å². The van der Waals surface area contributed by atoms with Crippen LogP contribution in [0.1, 0.15) is 227 Å². The lowest BCUT2D eigenvalue weighted by atomic mass is 9.91. The number of carbonyl (C=O) groups is 2. The molecule has 0 aromatic heterocycles. The predicted molar refractivity (Wildman–Crippen MR) is 234 cm³/mol. The number of ether oxygens (including phenoxy) is 2. The molecule has 0 aromatic rings. The maximum Gasteiger partial charge on any atom is 0.305 e. The molecule has 1 saturated carbocycles. The first-order valence-electron chi connectivity index (χ1n) is 24.4. The fourth-order valence-corrected chi connectivity index (χ4v) is 8.15. The normalized spacial score (nSPS) is 13.4. The topological polar surface area (TPSA) is 79.3 Å². The van der Waals surface area contributed by atoms with Gasteiger partial charge >= 0.3 is 11.9 Å². The first kappa shape index (κ1) is 51.8. The second-order valence-corrected chi connectivity index (χ2v) is 17.3. The van der Waals surface area contributed by atoms with Crippen molar-refractivity contribution in [1.29, 1.82) is 0 Å². The number of hydrogen-bond acceptors (Lipinski definition) is 7. The Hall–Kier alpha value is -1.18. The summed E-state index contributed by atoms with van der Waals surface area (Å²) in [7, 11) is 0. The van der Waals surface area contributed by atoms with Gasteiger partial charge in [-0.25, -0.2) is 0 Å². The van der Waals surface area contributed by atoms with E-state index in [2.05, 4.69) is 37.5 Å². The Labute approximate surface area is 342 Å². The molecule has 0 amide bonds. The Kier molecular flexibility index (Phi) is 36.1. The Balaban J connectivity index is 2.46. The van der Waals surface area contributed by atoms with Gasteiger partial charge in [0.15, 0.2) is 0 Å². The van der Waals surface area contributed by atoms with Gasteiger partial charge in [0.2, 0.25) is 0 Å². The van der Waals surface area contributed by atoms with E-state index >= 15 is 0 Å². The number of hydrogen-bond donors (Lipinski definition) is 1. The molecule has 0 heterocycles. The van der Waals surface area contributed by atoms with Crippen LogP contribution in [-0.2, 0) is 19.1 Å². The molecule has 7 nitrogen and oxygen atoms in total. The summed E-state index contributed by atoms with van der Waals surface area (Å²) in [4.78, 5) is 30.5. The van der Waals surface area contributed by atoms with E-state index in [1.165, 1.54) is 148 Å². The minimum atomic E-state index is -0.0166. The van der Waals surface area contributed by atoms with Crippen LogP contribution in [0.5, 0.6) is 0 Å². The maximum atomic E-state index is 12.7. The largest absolute Gasteiger partial charge is 0.465 e. The molecule has 326 valence electrons. The Morgan fingerprint density at radius 1 is 0.509 bits per heavy atom. The number of esters is 2. The molecule has 7 heteroatoms. The molecule has 1 aliphatic rings. The summed E-state index contributed by atoms with van der Waals surface area (Å²) in [6.07, 6.45) is 36.1. The van der Waals surface area contributed by atoms with Gasteiger partial charge in [0, 0.05) is 38.5 Å². The van der Waals surface area contributed by atoms with Crippen molar-refractivity contribution < 1.29 is 24.2 Å². The molecule has 0 atom stereocenters. The zero-order valence-corrected chi connectivity index (χ0v) is 37.3. The lowest BCUT2D eigenvalue weighted by Gasteiger charge is -2.38. The molecule has 0 aromatic carbocycles. The van der Waals surface area contributed by atoms with Crippen molar-refractivity contribution in [3.8, 4) is 0 Å². The summed E-state index contributed by atoms with van der Waals surface area (Å²) in [5.74, 6) is 1.00. The molecule has 1 fully saturated rings. The molecule has 0 spiro atoms. The van der Waals surface area contributed by atoms with Gasteiger partial charge in [-0.15, -0.1) is 0 Å². The third-order valence-corrected chi connectivity index (χ3v) is 12.2. The van der Waals surface area contributed by atoms with E-state index in [1.807, 2.05) is 0 Å². The molecule has 1 N–H and O–H groups in total. The lowest BCUT2D eigenvalue weighted by molar-refractivity contribution is -0.146. The molecule has 0 aliphatic heterocycles. The lowest BCUT2D eigenvalue weighted by Crippen LogP contribution is -2.45. The highest BCUT2D eigenvalue weighted by atomic mass is 16.5. The van der Waals surface area contributed by atoms with Gasteiger partial charge in [0.25, 0.3) is 0 Å². The van der Waals surface area contributed by atoms with Crippen LogP contribution in [0.3, 0.4) is 0 Å². The zero-order valence-electron chi connectivity index (χ0n) is 37.3. The maximum absolute atomic E-state index is 12.7. The van der Waals surface area contributed by atoms with Crippen molar-refractivity contribution in [3.05, 3.63) is 0 Å². The number of carbonyl (C=O) groups excluding carboxylic acids is 2. The van der Waals surface area contributed by atoms with E-state index in [0.29, 0.717) is 43.9 Å². The quantitative estimate of drug-likeness (QED) is 0.0488. The Morgan fingerprint density at radius 3 is 1.25 bits per heavy atom. The van der Waals surface area contributed by atoms with Crippen molar-refractivity contribution in [2.75, 3.05) is 52.5 Å². The number of aliphatic hydroxyl groups is 1. The average molecular weight is 779 g/mol. The molecule has 55 heavy (non-hydrogen) atoms. The van der Waals surface area contributed by atoms with Crippen LogP contribution >= 0.6 is 0 Å².